The third-order valence-corrected chi connectivity index (χ3v) is 6.61. The SMILES string of the molecule is COC(=O)c1cccc(NC(=O)C2CCCN2S(=O)(=O)c2ccc(C)cc2)c1. The zero-order chi connectivity index (χ0) is 20.3. The molecule has 28 heavy (non-hydrogen) atoms. The summed E-state index contributed by atoms with van der Waals surface area (Å²) < 4.78 is 31.9. The van der Waals surface area contributed by atoms with Crippen LogP contribution in [-0.2, 0) is 19.6 Å². The lowest BCUT2D eigenvalue weighted by Gasteiger charge is -2.23. The quantitative estimate of drug-likeness (QED) is 0.776. The maximum atomic E-state index is 13.0. The number of methoxy groups -OCH3 is 1. The number of amides is 1. The van der Waals surface area contributed by atoms with Crippen LogP contribution >= 0.6 is 0 Å². The first-order chi connectivity index (χ1) is 13.3. The Labute approximate surface area is 164 Å². The number of hydrogen-bond acceptors (Lipinski definition) is 5. The van der Waals surface area contributed by atoms with Crippen LogP contribution in [0, 0.1) is 6.92 Å². The zero-order valence-corrected chi connectivity index (χ0v) is 16.5. The van der Waals surface area contributed by atoms with E-state index in [-0.39, 0.29) is 11.4 Å². The van der Waals surface area contributed by atoms with Crippen molar-refractivity contribution in [3.8, 4) is 0 Å². The van der Waals surface area contributed by atoms with E-state index in [4.69, 9.17) is 0 Å². The van der Waals surface area contributed by atoms with Gasteiger partial charge in [-0.05, 0) is 50.1 Å². The second kappa shape index (κ2) is 8.12. The molecule has 0 radical (unpaired) electrons. The predicted octanol–water partition coefficient (Wildman–Crippen LogP) is 2.57. The van der Waals surface area contributed by atoms with Crippen LogP contribution in [0.3, 0.4) is 0 Å². The number of benzene rings is 2. The standard InChI is InChI=1S/C20H22N2O5S/c1-14-8-10-17(11-9-14)28(25,26)22-12-4-7-18(22)19(23)21-16-6-3-5-15(13-16)20(24)27-2/h3,5-6,8-11,13,18H,4,7,12H2,1-2H3,(H,21,23). The smallest absolute Gasteiger partial charge is 0.337 e. The second-order valence-corrected chi connectivity index (χ2v) is 8.54. The van der Waals surface area contributed by atoms with Gasteiger partial charge in [-0.2, -0.15) is 4.31 Å². The first-order valence-corrected chi connectivity index (χ1v) is 10.3. The molecule has 1 aliphatic rings. The number of esters is 1. The first-order valence-electron chi connectivity index (χ1n) is 8.90. The second-order valence-electron chi connectivity index (χ2n) is 6.65. The molecule has 0 bridgehead atoms. The highest BCUT2D eigenvalue weighted by atomic mass is 32.2. The van der Waals surface area contributed by atoms with Crippen LogP contribution in [-0.4, -0.2) is 44.3 Å². The van der Waals surface area contributed by atoms with E-state index in [1.807, 2.05) is 6.92 Å². The van der Waals surface area contributed by atoms with Crippen molar-refractivity contribution in [2.24, 2.45) is 0 Å². The lowest BCUT2D eigenvalue weighted by Crippen LogP contribution is -2.43. The summed E-state index contributed by atoms with van der Waals surface area (Å²) >= 11 is 0. The molecule has 2 aromatic rings. The molecule has 1 fully saturated rings. The molecule has 148 valence electrons. The van der Waals surface area contributed by atoms with Gasteiger partial charge in [0.15, 0.2) is 0 Å². The number of nitrogens with one attached hydrogen (secondary N) is 1. The molecule has 2 aromatic carbocycles. The summed E-state index contributed by atoms with van der Waals surface area (Å²) in [6, 6.07) is 12.1. The average Bonchev–Trinajstić information content (AvgIpc) is 3.19. The van der Waals surface area contributed by atoms with Gasteiger partial charge in [0.05, 0.1) is 17.6 Å². The fourth-order valence-electron chi connectivity index (χ4n) is 3.20. The Bertz CT molecular complexity index is 986. The van der Waals surface area contributed by atoms with Gasteiger partial charge in [0, 0.05) is 12.2 Å². The fraction of sp³-hybridized carbons (Fsp3) is 0.300. The highest BCUT2D eigenvalue weighted by Gasteiger charge is 2.39. The van der Waals surface area contributed by atoms with Gasteiger partial charge < -0.3 is 10.1 Å². The third kappa shape index (κ3) is 4.07. The monoisotopic (exact) mass is 402 g/mol. The molecule has 1 unspecified atom stereocenters. The Morgan fingerprint density at radius 2 is 1.86 bits per heavy atom. The van der Waals surface area contributed by atoms with Crippen LogP contribution in [0.4, 0.5) is 5.69 Å². The maximum absolute atomic E-state index is 13.0. The van der Waals surface area contributed by atoms with E-state index < -0.39 is 27.9 Å². The van der Waals surface area contributed by atoms with Gasteiger partial charge in [-0.1, -0.05) is 23.8 Å². The number of rotatable bonds is 5. The molecule has 1 N–H and O–H groups in total. The number of carbonyl (C=O) groups is 2. The van der Waals surface area contributed by atoms with Crippen LogP contribution in [0.1, 0.15) is 28.8 Å². The number of hydrogen-bond donors (Lipinski definition) is 1. The molecular weight excluding hydrogens is 380 g/mol. The summed E-state index contributed by atoms with van der Waals surface area (Å²) in [7, 11) is -2.49. The minimum atomic E-state index is -3.77. The fourth-order valence-corrected chi connectivity index (χ4v) is 4.86. The van der Waals surface area contributed by atoms with Crippen molar-refractivity contribution in [3.05, 3.63) is 59.7 Å². The Balaban J connectivity index is 1.80. The average molecular weight is 402 g/mol. The molecule has 1 saturated heterocycles. The van der Waals surface area contributed by atoms with E-state index in [9.17, 15) is 18.0 Å². The van der Waals surface area contributed by atoms with Gasteiger partial charge >= 0.3 is 5.97 Å². The van der Waals surface area contributed by atoms with Crippen molar-refractivity contribution in [3.63, 3.8) is 0 Å². The number of carbonyl (C=O) groups excluding carboxylic acids is 2. The molecule has 0 aliphatic carbocycles. The number of aryl methyl sites for hydroxylation is 1. The van der Waals surface area contributed by atoms with Crippen molar-refractivity contribution < 1.29 is 22.7 Å². The third-order valence-electron chi connectivity index (χ3n) is 4.69. The van der Waals surface area contributed by atoms with E-state index in [1.165, 1.54) is 17.5 Å². The minimum absolute atomic E-state index is 0.172. The zero-order valence-electron chi connectivity index (χ0n) is 15.7. The van der Waals surface area contributed by atoms with Gasteiger partial charge in [-0.3, -0.25) is 4.79 Å². The Morgan fingerprint density at radius 1 is 1.14 bits per heavy atom. The van der Waals surface area contributed by atoms with E-state index >= 15 is 0 Å². The molecule has 1 aliphatic heterocycles. The van der Waals surface area contributed by atoms with Crippen LogP contribution in [0.2, 0.25) is 0 Å². The summed E-state index contributed by atoms with van der Waals surface area (Å²) in [4.78, 5) is 24.6. The topological polar surface area (TPSA) is 92.8 Å². The van der Waals surface area contributed by atoms with Crippen LogP contribution in [0.15, 0.2) is 53.4 Å². The lowest BCUT2D eigenvalue weighted by molar-refractivity contribution is -0.119. The van der Waals surface area contributed by atoms with E-state index in [2.05, 4.69) is 10.1 Å². The highest BCUT2D eigenvalue weighted by molar-refractivity contribution is 7.89. The van der Waals surface area contributed by atoms with Crippen LogP contribution in [0.5, 0.6) is 0 Å². The lowest BCUT2D eigenvalue weighted by atomic mass is 10.2. The molecule has 8 heteroatoms. The normalized spacial score (nSPS) is 17.3. The van der Waals surface area contributed by atoms with Gasteiger partial charge in [0.1, 0.15) is 6.04 Å². The van der Waals surface area contributed by atoms with Gasteiger partial charge in [-0.15, -0.1) is 0 Å². The molecule has 3 rings (SSSR count). The molecular formula is C20H22N2O5S. The molecule has 0 aromatic heterocycles. The molecule has 0 spiro atoms. The van der Waals surface area contributed by atoms with Gasteiger partial charge in [0.25, 0.3) is 0 Å². The van der Waals surface area contributed by atoms with Crippen molar-refractivity contribution in [1.29, 1.82) is 0 Å². The first kappa shape index (κ1) is 20.0. The minimum Gasteiger partial charge on any atom is -0.465 e. The Kier molecular flexibility index (Phi) is 5.81. The van der Waals surface area contributed by atoms with Crippen molar-refractivity contribution in [1.82, 2.24) is 4.31 Å². The molecule has 1 atom stereocenters. The summed E-state index contributed by atoms with van der Waals surface area (Å²) in [5.74, 6) is -0.934. The summed E-state index contributed by atoms with van der Waals surface area (Å²) in [5.41, 5.74) is 1.67. The highest BCUT2D eigenvalue weighted by Crippen LogP contribution is 2.27. The van der Waals surface area contributed by atoms with Crippen molar-refractivity contribution >= 4 is 27.6 Å². The predicted molar refractivity (Wildman–Crippen MR) is 105 cm³/mol. The summed E-state index contributed by atoms with van der Waals surface area (Å²) in [5, 5.41) is 2.71. The number of nitrogens with zero attached hydrogens (tertiary/aromatic N) is 1. The Morgan fingerprint density at radius 3 is 2.54 bits per heavy atom. The van der Waals surface area contributed by atoms with E-state index in [1.54, 1.807) is 42.5 Å². The number of anilines is 1. The Hall–Kier alpha value is -2.71. The van der Waals surface area contributed by atoms with E-state index in [0.29, 0.717) is 24.1 Å². The maximum Gasteiger partial charge on any atom is 0.337 e. The molecule has 1 heterocycles. The summed E-state index contributed by atoms with van der Waals surface area (Å²) in [6.07, 6.45) is 1.04. The van der Waals surface area contributed by atoms with Gasteiger partial charge in [0.2, 0.25) is 15.9 Å². The molecule has 0 saturated carbocycles. The van der Waals surface area contributed by atoms with Crippen LogP contribution < -0.4 is 5.32 Å². The van der Waals surface area contributed by atoms with E-state index in [0.717, 1.165) is 5.56 Å². The number of sulfonamides is 1. The largest absolute Gasteiger partial charge is 0.465 e. The molecule has 1 amide bonds. The van der Waals surface area contributed by atoms with Crippen molar-refractivity contribution in [2.45, 2.75) is 30.7 Å². The van der Waals surface area contributed by atoms with Crippen molar-refractivity contribution in [2.75, 3.05) is 19.0 Å². The number of ether oxygens (including phenoxy) is 1. The summed E-state index contributed by atoms with van der Waals surface area (Å²) in [6.45, 7) is 2.17. The van der Waals surface area contributed by atoms with Gasteiger partial charge in [-0.25, -0.2) is 13.2 Å². The molecule has 7 nitrogen and oxygen atoms in total. The van der Waals surface area contributed by atoms with Crippen LogP contribution in [0.25, 0.3) is 0 Å².